The summed E-state index contributed by atoms with van der Waals surface area (Å²) in [5.74, 6) is -0.0840. The van der Waals surface area contributed by atoms with Crippen molar-refractivity contribution in [1.29, 1.82) is 5.26 Å². The van der Waals surface area contributed by atoms with E-state index in [1.54, 1.807) is 42.5 Å². The fraction of sp³-hybridized carbons (Fsp3) is 0.0769. The van der Waals surface area contributed by atoms with Crippen LogP contribution in [0.25, 0.3) is 10.9 Å². The zero-order valence-corrected chi connectivity index (χ0v) is 17.2. The Kier molecular flexibility index (Phi) is 4.65. The minimum atomic E-state index is -0.344. The van der Waals surface area contributed by atoms with E-state index in [4.69, 9.17) is 10.00 Å². The number of carbonyl (C=O) groups is 2. The third-order valence-corrected chi connectivity index (χ3v) is 5.48. The Balaban J connectivity index is 1.55. The molecule has 0 bridgehead atoms. The van der Waals surface area contributed by atoms with Gasteiger partial charge in [-0.1, -0.05) is 30.3 Å². The van der Waals surface area contributed by atoms with E-state index in [-0.39, 0.29) is 18.4 Å². The van der Waals surface area contributed by atoms with Crippen LogP contribution in [0.15, 0.2) is 72.8 Å². The summed E-state index contributed by atoms with van der Waals surface area (Å²) in [6, 6.07) is 23.3. The topological polar surface area (TPSA) is 83.3 Å². The van der Waals surface area contributed by atoms with Gasteiger partial charge in [0.25, 0.3) is 11.8 Å². The Bertz CT molecular complexity index is 1440. The third-order valence-electron chi connectivity index (χ3n) is 5.48. The molecule has 0 fully saturated rings. The molecule has 0 saturated carbocycles. The van der Waals surface area contributed by atoms with E-state index in [1.165, 1.54) is 4.90 Å². The number of ether oxygens (including phenoxy) is 1. The monoisotopic (exact) mass is 419 g/mol. The maximum Gasteiger partial charge on any atom is 0.266 e. The maximum absolute atomic E-state index is 13.3. The van der Waals surface area contributed by atoms with Crippen molar-refractivity contribution in [2.75, 3.05) is 4.90 Å². The third kappa shape index (κ3) is 3.17. The van der Waals surface area contributed by atoms with Gasteiger partial charge in [-0.25, -0.2) is 9.88 Å². The second-order valence-electron chi connectivity index (χ2n) is 7.52. The number of nitrogens with zero attached hydrogens (tertiary/aromatic N) is 3. The Labute approximate surface area is 184 Å². The Morgan fingerprint density at radius 2 is 1.75 bits per heavy atom. The van der Waals surface area contributed by atoms with Crippen LogP contribution in [0.5, 0.6) is 5.75 Å². The van der Waals surface area contributed by atoms with Crippen molar-refractivity contribution in [3.63, 3.8) is 0 Å². The van der Waals surface area contributed by atoms with Crippen molar-refractivity contribution in [2.24, 2.45) is 0 Å². The summed E-state index contributed by atoms with van der Waals surface area (Å²) in [6.45, 7) is 1.97. The van der Waals surface area contributed by atoms with Crippen molar-refractivity contribution in [3.8, 4) is 11.8 Å². The van der Waals surface area contributed by atoms with E-state index in [9.17, 15) is 9.59 Å². The lowest BCUT2D eigenvalue weighted by Gasteiger charge is -2.18. The second-order valence-corrected chi connectivity index (χ2v) is 7.52. The molecule has 1 aromatic heterocycles. The highest BCUT2D eigenvalue weighted by atomic mass is 16.5. The smallest absolute Gasteiger partial charge is 0.266 e. The van der Waals surface area contributed by atoms with Gasteiger partial charge in [-0.15, -0.1) is 0 Å². The standard InChI is InChI=1S/C26H17N3O3/c1-16-5-4-7-21-24(16)26(31)29(25(21)30)23-13-18(28-22-8-3-2-6-20(22)23)15-32-19-11-9-17(14-27)10-12-19/h2-13H,15H2,1H3. The molecule has 4 aromatic rings. The predicted molar refractivity (Wildman–Crippen MR) is 120 cm³/mol. The highest BCUT2D eigenvalue weighted by Crippen LogP contribution is 2.35. The number of aromatic nitrogens is 1. The molecule has 0 radical (unpaired) electrons. The van der Waals surface area contributed by atoms with E-state index in [2.05, 4.69) is 11.1 Å². The van der Waals surface area contributed by atoms with Crippen LogP contribution in [0, 0.1) is 18.3 Å². The van der Waals surface area contributed by atoms with E-state index in [0.29, 0.717) is 44.7 Å². The summed E-state index contributed by atoms with van der Waals surface area (Å²) >= 11 is 0. The highest BCUT2D eigenvalue weighted by molar-refractivity contribution is 6.36. The number of pyridine rings is 1. The van der Waals surface area contributed by atoms with E-state index in [1.807, 2.05) is 37.3 Å². The number of amides is 2. The van der Waals surface area contributed by atoms with Gasteiger partial charge < -0.3 is 4.74 Å². The quantitative estimate of drug-likeness (QED) is 0.444. The summed E-state index contributed by atoms with van der Waals surface area (Å²) in [7, 11) is 0. The van der Waals surface area contributed by atoms with Crippen LogP contribution < -0.4 is 9.64 Å². The Morgan fingerprint density at radius 1 is 0.969 bits per heavy atom. The molecule has 5 rings (SSSR count). The maximum atomic E-state index is 13.3. The SMILES string of the molecule is Cc1cccc2c1C(=O)N(c1cc(COc3ccc(C#N)cc3)nc3ccccc13)C2=O. The lowest BCUT2D eigenvalue weighted by molar-refractivity contribution is 0.0926. The summed E-state index contributed by atoms with van der Waals surface area (Å²) in [5.41, 5.74) is 3.89. The van der Waals surface area contributed by atoms with Gasteiger partial charge in [0, 0.05) is 5.39 Å². The number of hydrogen-bond donors (Lipinski definition) is 0. The molecule has 32 heavy (non-hydrogen) atoms. The molecule has 6 nitrogen and oxygen atoms in total. The number of nitriles is 1. The van der Waals surface area contributed by atoms with Crippen molar-refractivity contribution >= 4 is 28.4 Å². The largest absolute Gasteiger partial charge is 0.487 e. The summed E-state index contributed by atoms with van der Waals surface area (Å²) in [6.07, 6.45) is 0. The normalized spacial score (nSPS) is 12.7. The minimum absolute atomic E-state index is 0.145. The highest BCUT2D eigenvalue weighted by Gasteiger charge is 2.38. The average molecular weight is 419 g/mol. The molecule has 6 heteroatoms. The zero-order valence-electron chi connectivity index (χ0n) is 17.2. The number of aryl methyl sites for hydroxylation is 1. The Hall–Kier alpha value is -4.50. The summed E-state index contributed by atoms with van der Waals surface area (Å²) < 4.78 is 5.83. The number of rotatable bonds is 4. The van der Waals surface area contributed by atoms with Crippen molar-refractivity contribution < 1.29 is 14.3 Å². The van der Waals surface area contributed by atoms with Crippen LogP contribution in [0.4, 0.5) is 5.69 Å². The number of benzene rings is 3. The number of carbonyl (C=O) groups excluding carboxylic acids is 2. The molecule has 0 N–H and O–H groups in total. The predicted octanol–water partition coefficient (Wildman–Crippen LogP) is 4.79. The van der Waals surface area contributed by atoms with Crippen LogP contribution in [-0.2, 0) is 6.61 Å². The molecule has 154 valence electrons. The lowest BCUT2D eigenvalue weighted by Crippen LogP contribution is -2.30. The molecule has 2 heterocycles. The number of para-hydroxylation sites is 1. The van der Waals surface area contributed by atoms with Gasteiger partial charge in [-0.05, 0) is 55.0 Å². The fourth-order valence-electron chi connectivity index (χ4n) is 3.93. The van der Waals surface area contributed by atoms with Crippen molar-refractivity contribution in [1.82, 2.24) is 4.98 Å². The van der Waals surface area contributed by atoms with Crippen molar-refractivity contribution in [2.45, 2.75) is 13.5 Å². The van der Waals surface area contributed by atoms with E-state index < -0.39 is 0 Å². The number of fused-ring (bicyclic) bond motifs is 2. The van der Waals surface area contributed by atoms with Crippen LogP contribution >= 0.6 is 0 Å². The molecule has 0 aliphatic carbocycles. The van der Waals surface area contributed by atoms with Crippen LogP contribution in [0.2, 0.25) is 0 Å². The van der Waals surface area contributed by atoms with Crippen molar-refractivity contribution in [3.05, 3.63) is 101 Å². The molecule has 0 saturated heterocycles. The van der Waals surface area contributed by atoms with Gasteiger partial charge >= 0.3 is 0 Å². The lowest BCUT2D eigenvalue weighted by atomic mass is 10.0. The van der Waals surface area contributed by atoms with Crippen LogP contribution in [0.3, 0.4) is 0 Å². The van der Waals surface area contributed by atoms with Gasteiger partial charge in [-0.2, -0.15) is 5.26 Å². The number of imide groups is 1. The average Bonchev–Trinajstić information content (AvgIpc) is 3.08. The van der Waals surface area contributed by atoms with Gasteiger partial charge in [0.05, 0.1) is 39.7 Å². The minimum Gasteiger partial charge on any atom is -0.487 e. The first kappa shape index (κ1) is 19.5. The van der Waals surface area contributed by atoms with Crippen LogP contribution in [-0.4, -0.2) is 16.8 Å². The molecule has 3 aromatic carbocycles. The molecule has 2 amide bonds. The number of anilines is 1. The first-order valence-corrected chi connectivity index (χ1v) is 10.1. The Morgan fingerprint density at radius 3 is 2.50 bits per heavy atom. The van der Waals surface area contributed by atoms with Gasteiger partial charge in [-0.3, -0.25) is 9.59 Å². The fourth-order valence-corrected chi connectivity index (χ4v) is 3.93. The van der Waals surface area contributed by atoms with Crippen LogP contribution in [0.1, 0.15) is 37.5 Å². The first-order valence-electron chi connectivity index (χ1n) is 10.1. The van der Waals surface area contributed by atoms with E-state index in [0.717, 1.165) is 5.56 Å². The first-order chi connectivity index (χ1) is 15.6. The number of hydrogen-bond acceptors (Lipinski definition) is 5. The molecule has 1 aliphatic rings. The molecule has 1 aliphatic heterocycles. The molecule has 0 spiro atoms. The summed E-state index contributed by atoms with van der Waals surface area (Å²) in [5, 5.41) is 9.65. The molecular weight excluding hydrogens is 402 g/mol. The summed E-state index contributed by atoms with van der Waals surface area (Å²) in [4.78, 5) is 32.3. The van der Waals surface area contributed by atoms with Gasteiger partial charge in [0.1, 0.15) is 12.4 Å². The zero-order chi connectivity index (χ0) is 22.2. The molecule has 0 atom stereocenters. The molecule has 0 unspecified atom stereocenters. The molecular formula is C26H17N3O3. The second kappa shape index (κ2) is 7.64. The van der Waals surface area contributed by atoms with E-state index >= 15 is 0 Å². The van der Waals surface area contributed by atoms with Gasteiger partial charge in [0.2, 0.25) is 0 Å². The van der Waals surface area contributed by atoms with Gasteiger partial charge in [0.15, 0.2) is 0 Å².